The van der Waals surface area contributed by atoms with Gasteiger partial charge in [-0.15, -0.1) is 0 Å². The molecule has 0 fully saturated rings. The average molecular weight is 254 g/mol. The van der Waals surface area contributed by atoms with Crippen LogP contribution in [0.25, 0.3) is 5.69 Å². The maximum Gasteiger partial charge on any atom is 0.274 e. The first-order valence-electron chi connectivity index (χ1n) is 6.07. The zero-order chi connectivity index (χ0) is 13.2. The molecule has 0 unspecified atom stereocenters. The fraction of sp³-hybridized carbons (Fsp3) is 0.143. The third kappa shape index (κ3) is 2.10. The molecule has 2 heterocycles. The van der Waals surface area contributed by atoms with Crippen LogP contribution in [0.2, 0.25) is 0 Å². The number of rotatable bonds is 3. The molecule has 0 aliphatic rings. The van der Waals surface area contributed by atoms with Crippen molar-refractivity contribution >= 4 is 0 Å². The number of nitrogens with zero attached hydrogens (tertiary/aromatic N) is 3. The molecule has 3 aromatic rings. The van der Waals surface area contributed by atoms with Gasteiger partial charge < -0.3 is 4.57 Å². The molecule has 0 aliphatic carbocycles. The van der Waals surface area contributed by atoms with Gasteiger partial charge in [0.15, 0.2) is 0 Å². The van der Waals surface area contributed by atoms with Crippen LogP contribution in [0, 0.1) is 6.92 Å². The van der Waals surface area contributed by atoms with Gasteiger partial charge in [0.1, 0.15) is 0 Å². The summed E-state index contributed by atoms with van der Waals surface area (Å²) in [4.78, 5) is 16.2. The van der Waals surface area contributed by atoms with Crippen LogP contribution in [-0.4, -0.2) is 19.3 Å². The summed E-state index contributed by atoms with van der Waals surface area (Å²) in [6.07, 6.45) is 5.33. The molecule has 0 amide bonds. The molecule has 0 saturated carbocycles. The topological polar surface area (TPSA) is 55.6 Å². The number of H-pyrrole nitrogens is 1. The summed E-state index contributed by atoms with van der Waals surface area (Å²) in [5, 5.41) is 3.16. The Bertz CT molecular complexity index is 723. The molecule has 2 aromatic heterocycles. The summed E-state index contributed by atoms with van der Waals surface area (Å²) in [5.74, 6) is 0. The van der Waals surface area contributed by atoms with Crippen LogP contribution >= 0.6 is 0 Å². The van der Waals surface area contributed by atoms with E-state index in [1.54, 1.807) is 17.2 Å². The minimum atomic E-state index is -0.0127. The SMILES string of the molecule is Cc1c(Cn2ccnc2)[nH]n(-c2ccccc2)c1=O. The van der Waals surface area contributed by atoms with Crippen molar-refractivity contribution in [3.8, 4) is 5.69 Å². The van der Waals surface area contributed by atoms with Gasteiger partial charge in [-0.05, 0) is 19.1 Å². The van der Waals surface area contributed by atoms with Gasteiger partial charge in [0.25, 0.3) is 5.56 Å². The van der Waals surface area contributed by atoms with Crippen LogP contribution in [-0.2, 0) is 6.54 Å². The smallest absolute Gasteiger partial charge is 0.274 e. The number of para-hydroxylation sites is 1. The van der Waals surface area contributed by atoms with Crippen molar-refractivity contribution < 1.29 is 0 Å². The zero-order valence-electron chi connectivity index (χ0n) is 10.6. The van der Waals surface area contributed by atoms with Crippen molar-refractivity contribution in [3.05, 3.63) is 70.7 Å². The Kier molecular flexibility index (Phi) is 2.79. The molecule has 0 aliphatic heterocycles. The summed E-state index contributed by atoms with van der Waals surface area (Å²) < 4.78 is 3.50. The molecule has 1 N–H and O–H groups in total. The third-order valence-electron chi connectivity index (χ3n) is 3.14. The standard InChI is InChI=1S/C14H14N4O/c1-11-13(9-17-8-7-15-10-17)16-18(14(11)19)12-5-3-2-4-6-12/h2-8,10,16H,9H2,1H3. The predicted molar refractivity (Wildman–Crippen MR) is 72.5 cm³/mol. The maximum absolute atomic E-state index is 12.2. The number of benzene rings is 1. The normalized spacial score (nSPS) is 10.8. The fourth-order valence-corrected chi connectivity index (χ4v) is 2.04. The lowest BCUT2D eigenvalue weighted by atomic mass is 10.2. The molecule has 1 aromatic carbocycles. The maximum atomic E-state index is 12.2. The molecule has 0 atom stereocenters. The van der Waals surface area contributed by atoms with Crippen molar-refractivity contribution in [2.75, 3.05) is 0 Å². The van der Waals surface area contributed by atoms with Gasteiger partial charge in [-0.25, -0.2) is 9.67 Å². The third-order valence-corrected chi connectivity index (χ3v) is 3.14. The predicted octanol–water partition coefficient (Wildman–Crippen LogP) is 1.72. The summed E-state index contributed by atoms with van der Waals surface area (Å²) in [7, 11) is 0. The molecular weight excluding hydrogens is 240 g/mol. The highest BCUT2D eigenvalue weighted by Gasteiger charge is 2.11. The Morgan fingerprint density at radius 3 is 2.74 bits per heavy atom. The lowest BCUT2D eigenvalue weighted by molar-refractivity contribution is 0.738. The van der Waals surface area contributed by atoms with Crippen LogP contribution in [0.4, 0.5) is 0 Å². The minimum absolute atomic E-state index is 0.0127. The number of imidazole rings is 1. The Morgan fingerprint density at radius 2 is 2.05 bits per heavy atom. The molecule has 0 saturated heterocycles. The molecule has 0 radical (unpaired) electrons. The van der Waals surface area contributed by atoms with E-state index in [1.807, 2.05) is 48.0 Å². The Labute approximate surface area is 110 Å². The zero-order valence-corrected chi connectivity index (χ0v) is 10.6. The van der Waals surface area contributed by atoms with Gasteiger partial charge in [-0.3, -0.25) is 9.89 Å². The van der Waals surface area contributed by atoms with Crippen LogP contribution < -0.4 is 5.56 Å². The lowest BCUT2D eigenvalue weighted by Gasteiger charge is -2.02. The second-order valence-corrected chi connectivity index (χ2v) is 4.43. The molecule has 3 rings (SSSR count). The summed E-state index contributed by atoms with van der Waals surface area (Å²) in [6.45, 7) is 2.45. The van der Waals surface area contributed by atoms with Gasteiger partial charge in [-0.1, -0.05) is 18.2 Å². The molecular formula is C14H14N4O. The van der Waals surface area contributed by atoms with Crippen molar-refractivity contribution in [1.82, 2.24) is 19.3 Å². The lowest BCUT2D eigenvalue weighted by Crippen LogP contribution is -2.15. The molecule has 5 heteroatoms. The largest absolute Gasteiger partial charge is 0.332 e. The van der Waals surface area contributed by atoms with Crippen LogP contribution in [0.1, 0.15) is 11.3 Å². The second kappa shape index (κ2) is 4.61. The molecule has 0 spiro atoms. The van der Waals surface area contributed by atoms with E-state index in [2.05, 4.69) is 10.1 Å². The van der Waals surface area contributed by atoms with E-state index >= 15 is 0 Å². The molecule has 0 bridgehead atoms. The summed E-state index contributed by atoms with van der Waals surface area (Å²) in [5.41, 5.74) is 2.46. The van der Waals surface area contributed by atoms with Crippen molar-refractivity contribution in [2.45, 2.75) is 13.5 Å². The van der Waals surface area contributed by atoms with E-state index in [0.717, 1.165) is 16.9 Å². The first kappa shape index (κ1) is 11.5. The average Bonchev–Trinajstić information content (AvgIpc) is 3.04. The molecule has 96 valence electrons. The summed E-state index contributed by atoms with van der Waals surface area (Å²) in [6, 6.07) is 9.55. The minimum Gasteiger partial charge on any atom is -0.332 e. The highest BCUT2D eigenvalue weighted by atomic mass is 16.1. The number of aromatic nitrogens is 4. The van der Waals surface area contributed by atoms with Gasteiger partial charge in [0, 0.05) is 18.0 Å². The van der Waals surface area contributed by atoms with Gasteiger partial charge >= 0.3 is 0 Å². The molecule has 5 nitrogen and oxygen atoms in total. The van der Waals surface area contributed by atoms with Gasteiger partial charge in [0.2, 0.25) is 0 Å². The van der Waals surface area contributed by atoms with Crippen molar-refractivity contribution in [1.29, 1.82) is 0 Å². The first-order valence-corrected chi connectivity index (χ1v) is 6.07. The first-order chi connectivity index (χ1) is 9.25. The quantitative estimate of drug-likeness (QED) is 0.773. The molecule has 19 heavy (non-hydrogen) atoms. The van der Waals surface area contributed by atoms with E-state index in [-0.39, 0.29) is 5.56 Å². The highest BCUT2D eigenvalue weighted by molar-refractivity contribution is 5.32. The van der Waals surface area contributed by atoms with Gasteiger partial charge in [0.05, 0.1) is 24.3 Å². The number of aromatic amines is 1. The Hall–Kier alpha value is -2.56. The van der Waals surface area contributed by atoms with E-state index in [4.69, 9.17) is 0 Å². The van der Waals surface area contributed by atoms with Crippen molar-refractivity contribution in [2.24, 2.45) is 0 Å². The van der Waals surface area contributed by atoms with E-state index in [1.165, 1.54) is 0 Å². The number of hydrogen-bond acceptors (Lipinski definition) is 2. The Balaban J connectivity index is 2.02. The number of nitrogens with one attached hydrogen (secondary N) is 1. The van der Waals surface area contributed by atoms with E-state index in [9.17, 15) is 4.79 Å². The Morgan fingerprint density at radius 1 is 1.26 bits per heavy atom. The van der Waals surface area contributed by atoms with Crippen LogP contribution in [0.15, 0.2) is 53.8 Å². The van der Waals surface area contributed by atoms with Crippen LogP contribution in [0.5, 0.6) is 0 Å². The highest BCUT2D eigenvalue weighted by Crippen LogP contribution is 2.08. The fourth-order valence-electron chi connectivity index (χ4n) is 2.04. The van der Waals surface area contributed by atoms with E-state index < -0.39 is 0 Å². The van der Waals surface area contributed by atoms with Crippen molar-refractivity contribution in [3.63, 3.8) is 0 Å². The van der Waals surface area contributed by atoms with Gasteiger partial charge in [-0.2, -0.15) is 0 Å². The second-order valence-electron chi connectivity index (χ2n) is 4.43. The summed E-state index contributed by atoms with van der Waals surface area (Å²) >= 11 is 0. The van der Waals surface area contributed by atoms with Crippen LogP contribution in [0.3, 0.4) is 0 Å². The number of hydrogen-bond donors (Lipinski definition) is 1. The monoisotopic (exact) mass is 254 g/mol. The van der Waals surface area contributed by atoms with E-state index in [0.29, 0.717) is 6.54 Å².